The summed E-state index contributed by atoms with van der Waals surface area (Å²) >= 11 is 0. The molecule has 174 valence electrons. The number of ether oxygens (including phenoxy) is 2. The van der Waals surface area contributed by atoms with Crippen molar-refractivity contribution in [1.82, 2.24) is 14.5 Å². The quantitative estimate of drug-likeness (QED) is 0.482. The Hall–Kier alpha value is -3.24. The number of nitrogens with zero attached hydrogens (tertiary/aromatic N) is 3. The lowest BCUT2D eigenvalue weighted by atomic mass is 9.98. The zero-order valence-corrected chi connectivity index (χ0v) is 19.2. The molecule has 0 bridgehead atoms. The van der Waals surface area contributed by atoms with Gasteiger partial charge in [-0.1, -0.05) is 18.2 Å². The topological polar surface area (TPSA) is 112 Å². The van der Waals surface area contributed by atoms with E-state index < -0.39 is 10.0 Å². The molecule has 0 atom stereocenters. The van der Waals surface area contributed by atoms with Crippen molar-refractivity contribution in [3.63, 3.8) is 0 Å². The van der Waals surface area contributed by atoms with Gasteiger partial charge in [0, 0.05) is 24.2 Å². The Kier molecular flexibility index (Phi) is 6.75. The fourth-order valence-electron chi connectivity index (χ4n) is 3.78. The fraction of sp³-hybridized carbons (Fsp3) is 0.348. The lowest BCUT2D eigenvalue weighted by Crippen LogP contribution is -2.40. The number of hydrogen-bond donors (Lipinski definition) is 0. The second-order valence-electron chi connectivity index (χ2n) is 7.57. The maximum atomic E-state index is 13.4. The van der Waals surface area contributed by atoms with Gasteiger partial charge in [-0.05, 0) is 50.1 Å². The molecule has 1 aliphatic rings. The molecule has 3 aromatic rings. The molecule has 0 aliphatic carbocycles. The van der Waals surface area contributed by atoms with Crippen LogP contribution in [-0.4, -0.2) is 55.7 Å². The van der Waals surface area contributed by atoms with Crippen LogP contribution >= 0.6 is 0 Å². The number of carbonyl (C=O) groups excluding carboxylic acids is 1. The minimum Gasteiger partial charge on any atom is -0.495 e. The molecule has 0 saturated carbocycles. The van der Waals surface area contributed by atoms with E-state index in [-0.39, 0.29) is 41.5 Å². The van der Waals surface area contributed by atoms with Crippen LogP contribution in [0.15, 0.2) is 57.8 Å². The minimum absolute atomic E-state index is 0.0107. The zero-order chi connectivity index (χ0) is 23.4. The third-order valence-electron chi connectivity index (χ3n) is 5.55. The van der Waals surface area contributed by atoms with Crippen LogP contribution in [-0.2, 0) is 19.6 Å². The van der Waals surface area contributed by atoms with Crippen LogP contribution in [0.5, 0.6) is 5.75 Å². The molecule has 33 heavy (non-hydrogen) atoms. The molecule has 1 saturated heterocycles. The maximum absolute atomic E-state index is 13.4. The lowest BCUT2D eigenvalue weighted by Gasteiger charge is -2.30. The molecule has 0 unspecified atom stereocenters. The second kappa shape index (κ2) is 9.72. The van der Waals surface area contributed by atoms with Crippen molar-refractivity contribution in [3.8, 4) is 28.7 Å². The monoisotopic (exact) mass is 471 g/mol. The molecule has 0 spiro atoms. The number of piperidine rings is 1. The summed E-state index contributed by atoms with van der Waals surface area (Å²) in [5, 5.41) is 8.16. The number of rotatable bonds is 7. The highest BCUT2D eigenvalue weighted by molar-refractivity contribution is 7.89. The first kappa shape index (κ1) is 22.9. The first-order chi connectivity index (χ1) is 15.9. The highest BCUT2D eigenvalue weighted by Gasteiger charge is 2.34. The van der Waals surface area contributed by atoms with Gasteiger partial charge in [0.15, 0.2) is 0 Å². The Morgan fingerprint density at radius 3 is 2.36 bits per heavy atom. The van der Waals surface area contributed by atoms with Gasteiger partial charge in [0.25, 0.3) is 0 Å². The number of benzene rings is 2. The molecular formula is C23H25N3O6S. The molecule has 0 radical (unpaired) electrons. The van der Waals surface area contributed by atoms with Crippen molar-refractivity contribution in [2.75, 3.05) is 26.8 Å². The number of carbonyl (C=O) groups is 1. The van der Waals surface area contributed by atoms with Crippen molar-refractivity contribution >= 4 is 16.0 Å². The number of aromatic nitrogens is 2. The van der Waals surface area contributed by atoms with Crippen molar-refractivity contribution in [1.29, 1.82) is 0 Å². The van der Waals surface area contributed by atoms with E-state index in [9.17, 15) is 13.2 Å². The molecule has 10 heteroatoms. The van der Waals surface area contributed by atoms with E-state index in [0.29, 0.717) is 30.9 Å². The number of methoxy groups -OCH3 is 1. The number of hydrogen-bond acceptors (Lipinski definition) is 8. The minimum atomic E-state index is -3.88. The van der Waals surface area contributed by atoms with E-state index in [4.69, 9.17) is 13.9 Å². The Bertz CT molecular complexity index is 1220. The average Bonchev–Trinajstić information content (AvgIpc) is 3.35. The molecule has 0 amide bonds. The van der Waals surface area contributed by atoms with Crippen LogP contribution in [0.3, 0.4) is 0 Å². The van der Waals surface area contributed by atoms with E-state index in [0.717, 1.165) is 5.56 Å². The van der Waals surface area contributed by atoms with Gasteiger partial charge in [-0.3, -0.25) is 4.79 Å². The van der Waals surface area contributed by atoms with Crippen molar-refractivity contribution in [2.45, 2.75) is 24.7 Å². The lowest BCUT2D eigenvalue weighted by molar-refractivity contribution is -0.149. The highest BCUT2D eigenvalue weighted by atomic mass is 32.2. The van der Waals surface area contributed by atoms with E-state index in [1.807, 2.05) is 30.3 Å². The summed E-state index contributed by atoms with van der Waals surface area (Å²) in [7, 11) is -2.46. The smallest absolute Gasteiger partial charge is 0.309 e. The van der Waals surface area contributed by atoms with Crippen LogP contribution in [0.1, 0.15) is 19.8 Å². The van der Waals surface area contributed by atoms with Gasteiger partial charge in [0.05, 0.1) is 19.6 Å². The van der Waals surface area contributed by atoms with Gasteiger partial charge in [-0.2, -0.15) is 4.31 Å². The van der Waals surface area contributed by atoms with Crippen LogP contribution in [0.4, 0.5) is 0 Å². The van der Waals surface area contributed by atoms with Crippen LogP contribution in [0.25, 0.3) is 22.9 Å². The Balaban J connectivity index is 1.60. The van der Waals surface area contributed by atoms with Gasteiger partial charge in [-0.15, -0.1) is 10.2 Å². The van der Waals surface area contributed by atoms with Gasteiger partial charge >= 0.3 is 5.97 Å². The summed E-state index contributed by atoms with van der Waals surface area (Å²) in [6.07, 6.45) is 0.814. The Morgan fingerprint density at radius 2 is 1.73 bits per heavy atom. The standard InChI is InChI=1S/C23H25N3O6S/c1-3-31-23(27)17-11-13-26(14-12-17)33(28,29)20-15-18(9-10-19(20)30-2)22-25-24-21(32-22)16-7-5-4-6-8-16/h4-10,15,17H,3,11-14H2,1-2H3. The first-order valence-electron chi connectivity index (χ1n) is 10.7. The van der Waals surface area contributed by atoms with Gasteiger partial charge < -0.3 is 13.9 Å². The molecule has 9 nitrogen and oxygen atoms in total. The van der Waals surface area contributed by atoms with Gasteiger partial charge in [0.1, 0.15) is 10.6 Å². The molecule has 4 rings (SSSR count). The summed E-state index contributed by atoms with van der Waals surface area (Å²) < 4.78 is 44.4. The first-order valence-corrected chi connectivity index (χ1v) is 12.1. The molecular weight excluding hydrogens is 446 g/mol. The average molecular weight is 472 g/mol. The molecule has 0 N–H and O–H groups in total. The van der Waals surface area contributed by atoms with Gasteiger partial charge in [-0.25, -0.2) is 8.42 Å². The van der Waals surface area contributed by atoms with E-state index in [2.05, 4.69) is 10.2 Å². The fourth-order valence-corrected chi connectivity index (χ4v) is 5.43. The van der Waals surface area contributed by atoms with Crippen LogP contribution < -0.4 is 4.74 Å². The third-order valence-corrected chi connectivity index (χ3v) is 7.47. The normalized spacial score (nSPS) is 15.3. The van der Waals surface area contributed by atoms with Crippen LogP contribution in [0.2, 0.25) is 0 Å². The summed E-state index contributed by atoms with van der Waals surface area (Å²) in [6, 6.07) is 14.0. The summed E-state index contributed by atoms with van der Waals surface area (Å²) in [4.78, 5) is 12.0. The van der Waals surface area contributed by atoms with E-state index >= 15 is 0 Å². The maximum Gasteiger partial charge on any atom is 0.309 e. The predicted octanol–water partition coefficient (Wildman–Crippen LogP) is 3.38. The van der Waals surface area contributed by atoms with Crippen molar-refractivity contribution < 1.29 is 27.1 Å². The molecule has 2 heterocycles. The van der Waals surface area contributed by atoms with E-state index in [1.165, 1.54) is 17.5 Å². The summed E-state index contributed by atoms with van der Waals surface area (Å²) in [6.45, 7) is 2.50. The van der Waals surface area contributed by atoms with Crippen molar-refractivity contribution in [2.24, 2.45) is 5.92 Å². The summed E-state index contributed by atoms with van der Waals surface area (Å²) in [5.74, 6) is 0.189. The number of esters is 1. The predicted molar refractivity (Wildman–Crippen MR) is 120 cm³/mol. The largest absolute Gasteiger partial charge is 0.495 e. The highest BCUT2D eigenvalue weighted by Crippen LogP contribution is 2.34. The van der Waals surface area contributed by atoms with E-state index in [1.54, 1.807) is 19.1 Å². The summed E-state index contributed by atoms with van der Waals surface area (Å²) in [5.41, 5.74) is 1.23. The van der Waals surface area contributed by atoms with Crippen LogP contribution in [0, 0.1) is 5.92 Å². The third kappa shape index (κ3) is 4.76. The zero-order valence-electron chi connectivity index (χ0n) is 18.4. The van der Waals surface area contributed by atoms with Gasteiger partial charge in [0.2, 0.25) is 21.8 Å². The molecule has 1 fully saturated rings. The second-order valence-corrected chi connectivity index (χ2v) is 9.48. The Labute approximate surface area is 192 Å². The molecule has 2 aromatic carbocycles. The van der Waals surface area contributed by atoms with Crippen molar-refractivity contribution in [3.05, 3.63) is 48.5 Å². The molecule has 1 aliphatic heterocycles. The number of sulfonamides is 1. The SMILES string of the molecule is CCOC(=O)C1CCN(S(=O)(=O)c2cc(-c3nnc(-c4ccccc4)o3)ccc2OC)CC1. The Morgan fingerprint density at radius 1 is 1.06 bits per heavy atom. The molecule has 1 aromatic heterocycles.